The Bertz CT molecular complexity index is 836. The standard InChI is InChI=1S/C13H9F3N2O4S/c14-13(15,16)8-3-4-10(12(19)20)11(6-8)18-23(21,22)9-2-1-5-17-7-9/h1-7,18H,(H,19,20). The molecule has 1 heterocycles. The number of hydrogen-bond acceptors (Lipinski definition) is 4. The van der Waals surface area contributed by atoms with Gasteiger partial charge >= 0.3 is 12.1 Å². The van der Waals surface area contributed by atoms with Gasteiger partial charge in [0.05, 0.1) is 16.8 Å². The van der Waals surface area contributed by atoms with Crippen LogP contribution < -0.4 is 4.72 Å². The number of nitrogens with one attached hydrogen (secondary N) is 1. The summed E-state index contributed by atoms with van der Waals surface area (Å²) in [6.45, 7) is 0. The van der Waals surface area contributed by atoms with E-state index < -0.39 is 39.0 Å². The number of pyridine rings is 1. The molecule has 6 nitrogen and oxygen atoms in total. The molecule has 0 atom stereocenters. The van der Waals surface area contributed by atoms with Crippen LogP contribution in [0.2, 0.25) is 0 Å². The van der Waals surface area contributed by atoms with Gasteiger partial charge in [-0.3, -0.25) is 9.71 Å². The molecule has 0 aliphatic carbocycles. The first-order chi connectivity index (χ1) is 10.6. The molecule has 0 amide bonds. The van der Waals surface area contributed by atoms with E-state index in [1.807, 2.05) is 4.72 Å². The fourth-order valence-corrected chi connectivity index (χ4v) is 2.73. The molecule has 122 valence electrons. The zero-order valence-corrected chi connectivity index (χ0v) is 12.0. The Morgan fingerprint density at radius 3 is 2.43 bits per heavy atom. The van der Waals surface area contributed by atoms with Crippen LogP contribution in [0.25, 0.3) is 0 Å². The lowest BCUT2D eigenvalue weighted by molar-refractivity contribution is -0.137. The molecule has 0 saturated carbocycles. The highest BCUT2D eigenvalue weighted by molar-refractivity contribution is 7.92. The van der Waals surface area contributed by atoms with Gasteiger partial charge in [-0.15, -0.1) is 0 Å². The maximum atomic E-state index is 12.7. The summed E-state index contributed by atoms with van der Waals surface area (Å²) >= 11 is 0. The Morgan fingerprint density at radius 1 is 1.22 bits per heavy atom. The number of aromatic nitrogens is 1. The van der Waals surface area contributed by atoms with Crippen LogP contribution in [0.1, 0.15) is 15.9 Å². The van der Waals surface area contributed by atoms with Crippen molar-refractivity contribution in [2.45, 2.75) is 11.1 Å². The van der Waals surface area contributed by atoms with Gasteiger partial charge in [0.2, 0.25) is 0 Å². The monoisotopic (exact) mass is 346 g/mol. The number of hydrogen-bond donors (Lipinski definition) is 2. The van der Waals surface area contributed by atoms with Gasteiger partial charge in [0.15, 0.2) is 0 Å². The van der Waals surface area contributed by atoms with Crippen LogP contribution in [-0.2, 0) is 16.2 Å². The van der Waals surface area contributed by atoms with Gasteiger partial charge in [-0.05, 0) is 30.3 Å². The van der Waals surface area contributed by atoms with E-state index in [-0.39, 0.29) is 4.90 Å². The molecule has 2 rings (SSSR count). The molecule has 0 unspecified atom stereocenters. The maximum absolute atomic E-state index is 12.7. The molecule has 0 spiro atoms. The molecule has 1 aromatic heterocycles. The number of halogens is 3. The molecule has 1 aromatic carbocycles. The summed E-state index contributed by atoms with van der Waals surface area (Å²) in [6.07, 6.45) is -2.45. The van der Waals surface area contributed by atoms with E-state index in [2.05, 4.69) is 4.98 Å². The van der Waals surface area contributed by atoms with Crippen molar-refractivity contribution in [3.05, 3.63) is 53.9 Å². The minimum Gasteiger partial charge on any atom is -0.478 e. The molecular weight excluding hydrogens is 337 g/mol. The summed E-state index contributed by atoms with van der Waals surface area (Å²) in [7, 11) is -4.27. The van der Waals surface area contributed by atoms with Crippen LogP contribution in [0.5, 0.6) is 0 Å². The molecule has 0 fully saturated rings. The van der Waals surface area contributed by atoms with Gasteiger partial charge in [0.25, 0.3) is 10.0 Å². The molecule has 0 saturated heterocycles. The first-order valence-electron chi connectivity index (χ1n) is 5.98. The maximum Gasteiger partial charge on any atom is 0.416 e. The Morgan fingerprint density at radius 2 is 1.91 bits per heavy atom. The lowest BCUT2D eigenvalue weighted by Gasteiger charge is -2.13. The Balaban J connectivity index is 2.51. The number of alkyl halides is 3. The van der Waals surface area contributed by atoms with E-state index in [1.165, 1.54) is 18.3 Å². The third kappa shape index (κ3) is 3.77. The second-order valence-electron chi connectivity index (χ2n) is 4.36. The van der Waals surface area contributed by atoms with Gasteiger partial charge in [-0.25, -0.2) is 13.2 Å². The highest BCUT2D eigenvalue weighted by Gasteiger charge is 2.32. The van der Waals surface area contributed by atoms with Gasteiger partial charge < -0.3 is 5.11 Å². The molecule has 0 aliphatic heterocycles. The highest BCUT2D eigenvalue weighted by atomic mass is 32.2. The van der Waals surface area contributed by atoms with Crippen molar-refractivity contribution < 1.29 is 31.5 Å². The van der Waals surface area contributed by atoms with Crippen molar-refractivity contribution in [1.82, 2.24) is 4.98 Å². The number of carbonyl (C=O) groups is 1. The summed E-state index contributed by atoms with van der Waals surface area (Å²) < 4.78 is 64.2. The van der Waals surface area contributed by atoms with E-state index >= 15 is 0 Å². The summed E-state index contributed by atoms with van der Waals surface area (Å²) in [5.74, 6) is -1.57. The molecule has 2 N–H and O–H groups in total. The number of sulfonamides is 1. The molecule has 2 aromatic rings. The topological polar surface area (TPSA) is 96.4 Å². The normalized spacial score (nSPS) is 12.0. The van der Waals surface area contributed by atoms with Crippen molar-refractivity contribution in [2.75, 3.05) is 4.72 Å². The number of aromatic carboxylic acids is 1. The first-order valence-corrected chi connectivity index (χ1v) is 7.47. The number of anilines is 1. The van der Waals surface area contributed by atoms with Gasteiger partial charge in [0.1, 0.15) is 4.90 Å². The number of carboxylic acid groups (broad SMARTS) is 1. The smallest absolute Gasteiger partial charge is 0.416 e. The second-order valence-corrected chi connectivity index (χ2v) is 6.04. The van der Waals surface area contributed by atoms with Crippen LogP contribution in [0, 0.1) is 0 Å². The van der Waals surface area contributed by atoms with E-state index in [1.54, 1.807) is 0 Å². The van der Waals surface area contributed by atoms with Gasteiger partial charge in [0, 0.05) is 12.4 Å². The quantitative estimate of drug-likeness (QED) is 0.887. The molecule has 0 radical (unpaired) electrons. The lowest BCUT2D eigenvalue weighted by atomic mass is 10.1. The predicted octanol–water partition coefficient (Wildman–Crippen LogP) is 2.60. The zero-order chi connectivity index (χ0) is 17.3. The van der Waals surface area contributed by atoms with E-state index in [9.17, 15) is 26.4 Å². The van der Waals surface area contributed by atoms with Crippen LogP contribution in [0.4, 0.5) is 18.9 Å². The van der Waals surface area contributed by atoms with E-state index in [4.69, 9.17) is 5.11 Å². The molecular formula is C13H9F3N2O4S. The van der Waals surface area contributed by atoms with Crippen molar-refractivity contribution in [1.29, 1.82) is 0 Å². The Labute approximate surface area is 128 Å². The first kappa shape index (κ1) is 16.7. The van der Waals surface area contributed by atoms with Crippen LogP contribution in [0.3, 0.4) is 0 Å². The minimum atomic E-state index is -4.74. The number of nitrogens with zero attached hydrogens (tertiary/aromatic N) is 1. The number of benzene rings is 1. The third-order valence-corrected chi connectivity index (χ3v) is 4.12. The van der Waals surface area contributed by atoms with Gasteiger partial charge in [-0.1, -0.05) is 0 Å². The Kier molecular flexibility index (Phi) is 4.28. The van der Waals surface area contributed by atoms with Crippen LogP contribution in [0.15, 0.2) is 47.6 Å². The third-order valence-electron chi connectivity index (χ3n) is 2.77. The SMILES string of the molecule is O=C(O)c1ccc(C(F)(F)F)cc1NS(=O)(=O)c1cccnc1. The average Bonchev–Trinajstić information content (AvgIpc) is 2.46. The average molecular weight is 346 g/mol. The lowest BCUT2D eigenvalue weighted by Crippen LogP contribution is -2.17. The minimum absolute atomic E-state index is 0.311. The van der Waals surface area contributed by atoms with Crippen LogP contribution >= 0.6 is 0 Å². The molecule has 0 aliphatic rings. The largest absolute Gasteiger partial charge is 0.478 e. The molecule has 23 heavy (non-hydrogen) atoms. The van der Waals surface area contributed by atoms with E-state index in [0.717, 1.165) is 6.20 Å². The van der Waals surface area contributed by atoms with Crippen molar-refractivity contribution in [3.63, 3.8) is 0 Å². The van der Waals surface area contributed by atoms with Crippen molar-refractivity contribution in [3.8, 4) is 0 Å². The number of rotatable bonds is 4. The van der Waals surface area contributed by atoms with E-state index in [0.29, 0.717) is 18.2 Å². The van der Waals surface area contributed by atoms with Crippen molar-refractivity contribution >= 4 is 21.7 Å². The summed E-state index contributed by atoms with van der Waals surface area (Å²) in [5, 5.41) is 9.00. The molecule has 0 bridgehead atoms. The zero-order valence-electron chi connectivity index (χ0n) is 11.2. The van der Waals surface area contributed by atoms with Crippen LogP contribution in [-0.4, -0.2) is 24.5 Å². The van der Waals surface area contributed by atoms with Crippen molar-refractivity contribution in [2.24, 2.45) is 0 Å². The highest BCUT2D eigenvalue weighted by Crippen LogP contribution is 2.33. The predicted molar refractivity (Wildman–Crippen MR) is 73.4 cm³/mol. The summed E-state index contributed by atoms with van der Waals surface area (Å²) in [4.78, 5) is 14.4. The molecule has 10 heteroatoms. The fourth-order valence-electron chi connectivity index (χ4n) is 1.70. The summed E-state index contributed by atoms with van der Waals surface area (Å²) in [5.41, 5.74) is -2.46. The second kappa shape index (κ2) is 5.88. The number of carboxylic acids is 1. The fraction of sp³-hybridized carbons (Fsp3) is 0.0769. The Hall–Kier alpha value is -2.62. The van der Waals surface area contributed by atoms with Gasteiger partial charge in [-0.2, -0.15) is 13.2 Å². The summed E-state index contributed by atoms with van der Waals surface area (Å²) in [6, 6.07) is 4.16.